The highest BCUT2D eigenvalue weighted by Crippen LogP contribution is 2.57. The summed E-state index contributed by atoms with van der Waals surface area (Å²) in [5, 5.41) is 0. The normalized spacial score (nSPS) is 12.7. The molecule has 4 N–H and O–H groups in total. The lowest BCUT2D eigenvalue weighted by molar-refractivity contribution is -0.288. The number of alkyl halides is 6. The standard InChI is InChI=1S/C36H36F6N2O3/c1-6-33(4,5)47-31-18-14-26(20-29(31)44)34(35(37,38)39,36(40,41)42)25-13-17-30(28(43)19-25)46-27-15-11-24(12-16-27)32(45)23-9-7-22(8-10-23)21(2)3/h7-21H,6,43-44H2,1-5H3. The van der Waals surface area contributed by atoms with E-state index in [0.29, 0.717) is 47.7 Å². The molecule has 250 valence electrons. The van der Waals surface area contributed by atoms with Crippen molar-refractivity contribution < 1.29 is 40.6 Å². The number of nitrogens with two attached hydrogens (primary N) is 2. The fourth-order valence-electron chi connectivity index (χ4n) is 5.09. The second-order valence-corrected chi connectivity index (χ2v) is 12.2. The van der Waals surface area contributed by atoms with Gasteiger partial charge in [0.25, 0.3) is 0 Å². The van der Waals surface area contributed by atoms with E-state index >= 15 is 0 Å². The number of hydrogen-bond acceptors (Lipinski definition) is 5. The van der Waals surface area contributed by atoms with Gasteiger partial charge in [0.1, 0.15) is 22.8 Å². The van der Waals surface area contributed by atoms with Gasteiger partial charge in [0, 0.05) is 11.1 Å². The molecule has 0 aliphatic heterocycles. The number of carbonyl (C=O) groups is 1. The molecule has 4 rings (SSSR count). The quantitative estimate of drug-likeness (QED) is 0.101. The van der Waals surface area contributed by atoms with E-state index in [2.05, 4.69) is 0 Å². The maximum atomic E-state index is 14.8. The highest BCUT2D eigenvalue weighted by atomic mass is 19.4. The Morgan fingerprint density at radius 2 is 1.15 bits per heavy atom. The smallest absolute Gasteiger partial charge is 0.411 e. The summed E-state index contributed by atoms with van der Waals surface area (Å²) in [4.78, 5) is 12.9. The third kappa shape index (κ3) is 7.03. The second kappa shape index (κ2) is 12.8. The molecule has 0 fully saturated rings. The van der Waals surface area contributed by atoms with Gasteiger partial charge in [0.05, 0.1) is 11.4 Å². The van der Waals surface area contributed by atoms with Crippen LogP contribution in [0.5, 0.6) is 17.2 Å². The van der Waals surface area contributed by atoms with Crippen LogP contribution in [-0.4, -0.2) is 23.7 Å². The monoisotopic (exact) mass is 658 g/mol. The Morgan fingerprint density at radius 3 is 1.55 bits per heavy atom. The van der Waals surface area contributed by atoms with Crippen molar-refractivity contribution in [2.45, 2.75) is 70.3 Å². The van der Waals surface area contributed by atoms with E-state index in [-0.39, 0.29) is 28.7 Å². The number of rotatable bonds is 10. The number of carbonyl (C=O) groups excluding carboxylic acids is 1. The van der Waals surface area contributed by atoms with Crippen molar-refractivity contribution in [2.75, 3.05) is 11.5 Å². The fraction of sp³-hybridized carbons (Fsp3) is 0.306. The fourth-order valence-corrected chi connectivity index (χ4v) is 5.09. The summed E-state index contributed by atoms with van der Waals surface area (Å²) in [5.41, 5.74) is 5.44. The van der Waals surface area contributed by atoms with Gasteiger partial charge in [-0.25, -0.2) is 0 Å². The lowest BCUT2D eigenvalue weighted by atomic mass is 9.72. The topological polar surface area (TPSA) is 87.6 Å². The van der Waals surface area contributed by atoms with Crippen LogP contribution in [0.1, 0.15) is 79.6 Å². The van der Waals surface area contributed by atoms with Gasteiger partial charge in [0.2, 0.25) is 5.41 Å². The number of hydrogen-bond donors (Lipinski definition) is 2. The summed E-state index contributed by atoms with van der Waals surface area (Å²) in [6.07, 6.45) is -11.2. The molecular weight excluding hydrogens is 622 g/mol. The Bertz CT molecular complexity index is 1710. The minimum absolute atomic E-state index is 0.0427. The number of nitrogen functional groups attached to an aromatic ring is 2. The average molecular weight is 659 g/mol. The molecule has 0 spiro atoms. The summed E-state index contributed by atoms with van der Waals surface area (Å²) in [5.74, 6) is 0.00593. The van der Waals surface area contributed by atoms with Crippen molar-refractivity contribution in [1.82, 2.24) is 0 Å². The summed E-state index contributed by atoms with van der Waals surface area (Å²) in [7, 11) is 0. The van der Waals surface area contributed by atoms with E-state index in [9.17, 15) is 31.1 Å². The van der Waals surface area contributed by atoms with Gasteiger partial charge in [0.15, 0.2) is 5.78 Å². The largest absolute Gasteiger partial charge is 0.486 e. The van der Waals surface area contributed by atoms with Crippen LogP contribution in [0.25, 0.3) is 0 Å². The Hall–Kier alpha value is -4.67. The minimum atomic E-state index is -5.85. The zero-order valence-corrected chi connectivity index (χ0v) is 26.5. The van der Waals surface area contributed by atoms with Gasteiger partial charge in [-0.15, -0.1) is 0 Å². The molecule has 0 amide bonds. The van der Waals surface area contributed by atoms with Gasteiger partial charge >= 0.3 is 12.4 Å². The van der Waals surface area contributed by atoms with Crippen LogP contribution >= 0.6 is 0 Å². The maximum absolute atomic E-state index is 14.8. The molecule has 0 aliphatic rings. The number of ether oxygens (including phenoxy) is 2. The highest BCUT2D eigenvalue weighted by molar-refractivity contribution is 6.09. The molecular formula is C36H36F6N2O3. The lowest BCUT2D eigenvalue weighted by Crippen LogP contribution is -2.54. The van der Waals surface area contributed by atoms with Crippen molar-refractivity contribution in [3.05, 3.63) is 113 Å². The molecule has 0 unspecified atom stereocenters. The molecule has 0 atom stereocenters. The van der Waals surface area contributed by atoms with Crippen LogP contribution in [0, 0.1) is 0 Å². The SMILES string of the molecule is CCC(C)(C)Oc1ccc(C(c2ccc(Oc3ccc(C(=O)c4ccc(C(C)C)cc4)cc3)c(N)c2)(C(F)(F)F)C(F)(F)F)cc1N. The molecule has 0 heterocycles. The molecule has 0 saturated carbocycles. The van der Waals surface area contributed by atoms with Crippen LogP contribution in [0.3, 0.4) is 0 Å². The predicted molar refractivity (Wildman–Crippen MR) is 170 cm³/mol. The first-order valence-electron chi connectivity index (χ1n) is 14.9. The molecule has 11 heteroatoms. The van der Waals surface area contributed by atoms with Gasteiger partial charge in [-0.2, -0.15) is 26.3 Å². The Balaban J connectivity index is 1.67. The van der Waals surface area contributed by atoms with Crippen LogP contribution in [-0.2, 0) is 5.41 Å². The highest BCUT2D eigenvalue weighted by Gasteiger charge is 2.72. The van der Waals surface area contributed by atoms with E-state index in [1.165, 1.54) is 24.3 Å². The number of anilines is 2. The average Bonchev–Trinajstić information content (AvgIpc) is 2.98. The Labute approximate surface area is 269 Å². The molecule has 47 heavy (non-hydrogen) atoms. The third-order valence-electron chi connectivity index (χ3n) is 8.16. The first kappa shape index (κ1) is 35.2. The van der Waals surface area contributed by atoms with E-state index in [1.807, 2.05) is 32.9 Å². The van der Waals surface area contributed by atoms with Crippen LogP contribution in [0.4, 0.5) is 37.7 Å². The van der Waals surface area contributed by atoms with Crippen LogP contribution < -0.4 is 20.9 Å². The van der Waals surface area contributed by atoms with Gasteiger partial charge in [-0.05, 0) is 91.4 Å². The predicted octanol–water partition coefficient (Wildman–Crippen LogP) is 9.98. The third-order valence-corrected chi connectivity index (χ3v) is 8.16. The first-order valence-corrected chi connectivity index (χ1v) is 14.9. The van der Waals surface area contributed by atoms with E-state index < -0.39 is 40.2 Å². The van der Waals surface area contributed by atoms with Gasteiger partial charge in [-0.3, -0.25) is 4.79 Å². The first-order chi connectivity index (χ1) is 21.8. The molecule has 4 aromatic rings. The summed E-state index contributed by atoms with van der Waals surface area (Å²) in [6, 6.07) is 17.7. The van der Waals surface area contributed by atoms with Gasteiger partial charge in [-0.1, -0.05) is 57.2 Å². The minimum Gasteiger partial charge on any atom is -0.486 e. The van der Waals surface area contributed by atoms with Crippen molar-refractivity contribution in [1.29, 1.82) is 0 Å². The summed E-state index contributed by atoms with van der Waals surface area (Å²) in [6.45, 7) is 9.31. The van der Waals surface area contributed by atoms with Crippen LogP contribution in [0.15, 0.2) is 84.9 Å². The van der Waals surface area contributed by atoms with Crippen LogP contribution in [0.2, 0.25) is 0 Å². The Morgan fingerprint density at radius 1 is 0.702 bits per heavy atom. The van der Waals surface area contributed by atoms with E-state index in [0.717, 1.165) is 17.7 Å². The van der Waals surface area contributed by atoms with Gasteiger partial charge < -0.3 is 20.9 Å². The zero-order chi connectivity index (χ0) is 34.9. The summed E-state index contributed by atoms with van der Waals surface area (Å²) < 4.78 is 100. The lowest BCUT2D eigenvalue weighted by Gasteiger charge is -2.39. The zero-order valence-electron chi connectivity index (χ0n) is 26.5. The second-order valence-electron chi connectivity index (χ2n) is 12.2. The molecule has 5 nitrogen and oxygen atoms in total. The van der Waals surface area contributed by atoms with E-state index in [4.69, 9.17) is 20.9 Å². The molecule has 0 aromatic heterocycles. The molecule has 0 radical (unpaired) electrons. The number of benzene rings is 4. The molecule has 0 saturated heterocycles. The molecule has 0 bridgehead atoms. The molecule has 0 aliphatic carbocycles. The van der Waals surface area contributed by atoms with E-state index in [1.54, 1.807) is 26.0 Å². The Kier molecular flexibility index (Phi) is 9.62. The number of ketones is 1. The van der Waals surface area contributed by atoms with Crippen molar-refractivity contribution in [2.24, 2.45) is 0 Å². The summed E-state index contributed by atoms with van der Waals surface area (Å²) >= 11 is 0. The number of halogens is 6. The van der Waals surface area contributed by atoms with Crippen molar-refractivity contribution in [3.8, 4) is 17.2 Å². The maximum Gasteiger partial charge on any atom is 0.411 e. The van der Waals surface area contributed by atoms with Crippen molar-refractivity contribution >= 4 is 17.2 Å². The molecule has 4 aromatic carbocycles. The van der Waals surface area contributed by atoms with Crippen molar-refractivity contribution in [3.63, 3.8) is 0 Å².